The number of benzene rings is 1. The van der Waals surface area contributed by atoms with Crippen molar-refractivity contribution in [2.24, 2.45) is 0 Å². The van der Waals surface area contributed by atoms with Gasteiger partial charge in [-0.15, -0.1) is 11.3 Å². The van der Waals surface area contributed by atoms with Crippen molar-refractivity contribution < 1.29 is 4.74 Å². The third-order valence-electron chi connectivity index (χ3n) is 4.57. The number of thiazole rings is 1. The molecule has 0 saturated heterocycles. The number of fused-ring (bicyclic) bond motifs is 1. The summed E-state index contributed by atoms with van der Waals surface area (Å²) in [5, 5.41) is 0. The molecule has 0 amide bonds. The monoisotopic (exact) mass is 397 g/mol. The third-order valence-corrected chi connectivity index (χ3v) is 13.0. The second-order valence-corrected chi connectivity index (χ2v) is 14.3. The van der Waals surface area contributed by atoms with Crippen molar-refractivity contribution in [3.8, 4) is 0 Å². The highest BCUT2D eigenvalue weighted by Gasteiger charge is 2.19. The van der Waals surface area contributed by atoms with E-state index in [0.717, 1.165) is 17.0 Å². The average Bonchev–Trinajstić information content (AvgIpc) is 3.01. The van der Waals surface area contributed by atoms with Crippen molar-refractivity contribution >= 4 is 51.9 Å². The topological polar surface area (TPSA) is 22.1 Å². The van der Waals surface area contributed by atoms with Gasteiger partial charge in [-0.05, 0) is 42.2 Å². The highest BCUT2D eigenvalue weighted by atomic mass is 33.1. The van der Waals surface area contributed by atoms with E-state index in [-0.39, 0.29) is 0 Å². The minimum atomic E-state index is -0.697. The summed E-state index contributed by atoms with van der Waals surface area (Å²) in [7, 11) is 3.21. The largest absolute Gasteiger partial charge is 0.378 e. The average molecular weight is 398 g/mol. The SMILES string of the molecule is C[SiH](C)C(CCOC1CCCCC1)SSc1nc2ccccc2s1. The lowest BCUT2D eigenvalue weighted by molar-refractivity contribution is 0.0284. The molecule has 2 aromatic rings. The number of ether oxygens (including phenoxy) is 1. The molecule has 1 unspecified atom stereocenters. The van der Waals surface area contributed by atoms with E-state index in [1.54, 1.807) is 0 Å². The maximum absolute atomic E-state index is 6.15. The Kier molecular flexibility index (Phi) is 7.52. The Balaban J connectivity index is 1.46. The summed E-state index contributed by atoms with van der Waals surface area (Å²) in [5.74, 6) is 0. The maximum atomic E-state index is 6.15. The lowest BCUT2D eigenvalue weighted by Crippen LogP contribution is -2.24. The molecule has 1 heterocycles. The lowest BCUT2D eigenvalue weighted by Gasteiger charge is -2.24. The molecule has 6 heteroatoms. The van der Waals surface area contributed by atoms with Gasteiger partial charge in [0.1, 0.15) is 0 Å². The van der Waals surface area contributed by atoms with Crippen LogP contribution in [0.2, 0.25) is 13.1 Å². The van der Waals surface area contributed by atoms with Gasteiger partial charge in [0.2, 0.25) is 0 Å². The van der Waals surface area contributed by atoms with Gasteiger partial charge >= 0.3 is 0 Å². The van der Waals surface area contributed by atoms with E-state index in [1.165, 1.54) is 47.6 Å². The highest BCUT2D eigenvalue weighted by molar-refractivity contribution is 8.77. The Morgan fingerprint density at radius 2 is 2.04 bits per heavy atom. The van der Waals surface area contributed by atoms with Crippen LogP contribution in [0.25, 0.3) is 10.2 Å². The van der Waals surface area contributed by atoms with E-state index in [9.17, 15) is 0 Å². The van der Waals surface area contributed by atoms with E-state index in [0.29, 0.717) is 6.10 Å². The first-order chi connectivity index (χ1) is 11.7. The van der Waals surface area contributed by atoms with E-state index in [4.69, 9.17) is 9.72 Å². The smallest absolute Gasteiger partial charge is 0.161 e. The Hall–Kier alpha value is -0.0131. The van der Waals surface area contributed by atoms with Crippen LogP contribution in [0, 0.1) is 0 Å². The van der Waals surface area contributed by atoms with Crippen LogP contribution in [0.15, 0.2) is 28.6 Å². The Morgan fingerprint density at radius 1 is 1.25 bits per heavy atom. The van der Waals surface area contributed by atoms with Crippen molar-refractivity contribution in [3.63, 3.8) is 0 Å². The Labute approximate surface area is 159 Å². The fraction of sp³-hybridized carbons (Fsp3) is 0.611. The zero-order chi connectivity index (χ0) is 16.8. The molecule has 1 aliphatic carbocycles. The Morgan fingerprint density at radius 3 is 2.79 bits per heavy atom. The molecule has 0 spiro atoms. The van der Waals surface area contributed by atoms with Gasteiger partial charge in [-0.2, -0.15) is 0 Å². The number of rotatable bonds is 8. The molecule has 1 saturated carbocycles. The van der Waals surface area contributed by atoms with Gasteiger partial charge < -0.3 is 4.74 Å². The molecule has 1 atom stereocenters. The first-order valence-corrected chi connectivity index (χ1v) is 15.0. The van der Waals surface area contributed by atoms with Gasteiger partial charge in [-0.25, -0.2) is 4.98 Å². The standard InChI is InChI=1S/C18H27NOS3Si/c1-24(2)17(12-13-20-14-8-4-3-5-9-14)22-23-18-19-15-10-6-7-11-16(15)21-18/h6-7,10-11,14,17,24H,3-5,8-9,12-13H2,1-2H3. The van der Waals surface area contributed by atoms with Gasteiger partial charge in [-0.1, -0.05) is 55.3 Å². The van der Waals surface area contributed by atoms with E-state index >= 15 is 0 Å². The van der Waals surface area contributed by atoms with Crippen LogP contribution in [-0.2, 0) is 4.74 Å². The van der Waals surface area contributed by atoms with Gasteiger partial charge in [0.05, 0.1) is 16.3 Å². The van der Waals surface area contributed by atoms with E-state index in [1.807, 2.05) is 32.9 Å². The molecule has 132 valence electrons. The van der Waals surface area contributed by atoms with E-state index in [2.05, 4.69) is 37.4 Å². The molecule has 1 aromatic heterocycles. The van der Waals surface area contributed by atoms with E-state index < -0.39 is 8.80 Å². The fourth-order valence-corrected chi connectivity index (χ4v) is 10.6. The van der Waals surface area contributed by atoms with Crippen LogP contribution in [0.5, 0.6) is 0 Å². The molecule has 1 aliphatic rings. The summed E-state index contributed by atoms with van der Waals surface area (Å²) < 4.78 is 8.63. The van der Waals surface area contributed by atoms with Gasteiger partial charge in [0.15, 0.2) is 4.34 Å². The van der Waals surface area contributed by atoms with Crippen LogP contribution >= 0.6 is 32.9 Å². The predicted octanol–water partition coefficient (Wildman–Crippen LogP) is 6.17. The molecular formula is C18H27NOS3Si. The quantitative estimate of drug-likeness (QED) is 0.392. The van der Waals surface area contributed by atoms with Crippen molar-refractivity contribution in [1.29, 1.82) is 0 Å². The number of nitrogens with zero attached hydrogens (tertiary/aromatic N) is 1. The van der Waals surface area contributed by atoms with Crippen molar-refractivity contribution in [1.82, 2.24) is 4.98 Å². The first kappa shape index (κ1) is 18.8. The van der Waals surface area contributed by atoms with Crippen LogP contribution in [0.3, 0.4) is 0 Å². The third kappa shape index (κ3) is 5.49. The highest BCUT2D eigenvalue weighted by Crippen LogP contribution is 2.40. The maximum Gasteiger partial charge on any atom is 0.161 e. The van der Waals surface area contributed by atoms with Gasteiger partial charge in [0, 0.05) is 20.3 Å². The van der Waals surface area contributed by atoms with Crippen LogP contribution in [0.1, 0.15) is 38.5 Å². The minimum absolute atomic E-state index is 0.537. The number of aromatic nitrogens is 1. The lowest BCUT2D eigenvalue weighted by atomic mass is 9.98. The summed E-state index contributed by atoms with van der Waals surface area (Å²) in [4.78, 5) is 5.50. The molecule has 2 nitrogen and oxygen atoms in total. The fourth-order valence-electron chi connectivity index (χ4n) is 3.06. The number of para-hydroxylation sites is 1. The molecule has 1 fully saturated rings. The summed E-state index contributed by atoms with van der Waals surface area (Å²) in [6.07, 6.45) is 8.40. The normalized spacial score (nSPS) is 17.6. The van der Waals surface area contributed by atoms with Crippen molar-refractivity contribution in [3.05, 3.63) is 24.3 Å². The second kappa shape index (κ2) is 9.62. The molecule has 0 aliphatic heterocycles. The van der Waals surface area contributed by atoms with Crippen LogP contribution in [0.4, 0.5) is 0 Å². The number of hydrogen-bond acceptors (Lipinski definition) is 5. The first-order valence-electron chi connectivity index (χ1n) is 9.03. The van der Waals surface area contributed by atoms with Crippen LogP contribution in [-0.4, -0.2) is 31.4 Å². The number of hydrogen-bond donors (Lipinski definition) is 0. The molecule has 24 heavy (non-hydrogen) atoms. The van der Waals surface area contributed by atoms with Crippen molar-refractivity contribution in [2.45, 2.75) is 66.9 Å². The zero-order valence-corrected chi connectivity index (χ0v) is 18.2. The van der Waals surface area contributed by atoms with Gasteiger partial charge in [-0.3, -0.25) is 0 Å². The summed E-state index contributed by atoms with van der Waals surface area (Å²) in [6, 6.07) is 8.42. The van der Waals surface area contributed by atoms with Crippen LogP contribution < -0.4 is 0 Å². The summed E-state index contributed by atoms with van der Waals surface area (Å²) in [6.45, 7) is 5.85. The molecule has 0 radical (unpaired) electrons. The molecule has 0 N–H and O–H groups in total. The zero-order valence-electron chi connectivity index (χ0n) is 14.6. The molecule has 1 aromatic carbocycles. The second-order valence-electron chi connectivity index (χ2n) is 6.83. The summed E-state index contributed by atoms with van der Waals surface area (Å²) >= 11 is 1.81. The predicted molar refractivity (Wildman–Crippen MR) is 113 cm³/mol. The summed E-state index contributed by atoms with van der Waals surface area (Å²) in [5.41, 5.74) is 1.13. The Bertz CT molecular complexity index is 595. The minimum Gasteiger partial charge on any atom is -0.378 e. The molecule has 3 rings (SSSR count). The van der Waals surface area contributed by atoms with Crippen molar-refractivity contribution in [2.75, 3.05) is 6.61 Å². The molecule has 0 bridgehead atoms. The molecular weight excluding hydrogens is 370 g/mol. The van der Waals surface area contributed by atoms with Gasteiger partial charge in [0.25, 0.3) is 0 Å².